The van der Waals surface area contributed by atoms with Crippen molar-refractivity contribution in [2.75, 3.05) is 6.61 Å². The van der Waals surface area contributed by atoms with Gasteiger partial charge in [-0.3, -0.25) is 0 Å². The van der Waals surface area contributed by atoms with Crippen molar-refractivity contribution in [3.63, 3.8) is 0 Å². The SMILES string of the molecule is CC1=C2[C@H](C)[C@H](O)[C@@]3(C)[C@H]([C@H](C)[C@]2(C(C)(C)O)C[C@@H]1C)[C@]1(C)CO[C@@H]1C[C@@H]3C. The van der Waals surface area contributed by atoms with E-state index in [0.29, 0.717) is 17.8 Å². The van der Waals surface area contributed by atoms with Gasteiger partial charge >= 0.3 is 0 Å². The van der Waals surface area contributed by atoms with E-state index in [1.54, 1.807) is 0 Å². The maximum Gasteiger partial charge on any atom is 0.0687 e. The van der Waals surface area contributed by atoms with Crippen LogP contribution in [0.2, 0.25) is 0 Å². The smallest absolute Gasteiger partial charge is 0.0687 e. The van der Waals surface area contributed by atoms with E-state index in [1.807, 2.05) is 13.8 Å². The Morgan fingerprint density at radius 3 is 2.21 bits per heavy atom. The molecule has 1 aliphatic heterocycles. The first-order chi connectivity index (χ1) is 12.7. The van der Waals surface area contributed by atoms with Crippen LogP contribution < -0.4 is 0 Å². The van der Waals surface area contributed by atoms with E-state index in [-0.39, 0.29) is 34.2 Å². The molecule has 2 N–H and O–H groups in total. The summed E-state index contributed by atoms with van der Waals surface area (Å²) in [6, 6.07) is 0. The molecule has 1 saturated heterocycles. The topological polar surface area (TPSA) is 49.7 Å². The minimum absolute atomic E-state index is 0.0671. The summed E-state index contributed by atoms with van der Waals surface area (Å²) in [4.78, 5) is 0. The second kappa shape index (κ2) is 5.86. The molecule has 3 aliphatic carbocycles. The Morgan fingerprint density at radius 1 is 1.11 bits per heavy atom. The highest BCUT2D eigenvalue weighted by atomic mass is 16.5. The van der Waals surface area contributed by atoms with Gasteiger partial charge in [-0.2, -0.15) is 0 Å². The zero-order chi connectivity index (χ0) is 21.0. The molecule has 160 valence electrons. The van der Waals surface area contributed by atoms with Crippen LogP contribution in [0.3, 0.4) is 0 Å². The molecule has 0 radical (unpaired) electrons. The minimum atomic E-state index is -0.829. The van der Waals surface area contributed by atoms with Crippen LogP contribution >= 0.6 is 0 Å². The van der Waals surface area contributed by atoms with Gasteiger partial charge in [0.15, 0.2) is 0 Å². The fraction of sp³-hybridized carbons (Fsp3) is 0.920. The maximum atomic E-state index is 11.9. The zero-order valence-corrected chi connectivity index (χ0v) is 19.5. The molecule has 2 saturated carbocycles. The van der Waals surface area contributed by atoms with E-state index in [1.165, 1.54) is 11.1 Å². The molecule has 4 aliphatic rings. The summed E-state index contributed by atoms with van der Waals surface area (Å²) in [5.41, 5.74) is 1.54. The average molecular weight is 391 g/mol. The molecule has 0 aromatic rings. The van der Waals surface area contributed by atoms with Crippen LogP contribution in [0.25, 0.3) is 0 Å². The van der Waals surface area contributed by atoms with Gasteiger partial charge in [-0.25, -0.2) is 0 Å². The Morgan fingerprint density at radius 2 is 1.71 bits per heavy atom. The highest BCUT2D eigenvalue weighted by molar-refractivity contribution is 5.39. The molecular formula is C25H42O3. The van der Waals surface area contributed by atoms with Crippen LogP contribution in [0, 0.1) is 45.8 Å². The van der Waals surface area contributed by atoms with Gasteiger partial charge in [0.25, 0.3) is 0 Å². The summed E-state index contributed by atoms with van der Waals surface area (Å²) in [6.07, 6.45) is 1.91. The lowest BCUT2D eigenvalue weighted by Gasteiger charge is -2.67. The molecule has 0 amide bonds. The molecule has 0 spiro atoms. The summed E-state index contributed by atoms with van der Waals surface area (Å²) >= 11 is 0. The first-order valence-corrected chi connectivity index (χ1v) is 11.5. The monoisotopic (exact) mass is 390 g/mol. The van der Waals surface area contributed by atoms with E-state index >= 15 is 0 Å². The van der Waals surface area contributed by atoms with Crippen molar-refractivity contribution in [2.45, 2.75) is 93.0 Å². The lowest BCUT2D eigenvalue weighted by Crippen LogP contribution is -2.69. The van der Waals surface area contributed by atoms with Gasteiger partial charge in [-0.15, -0.1) is 0 Å². The highest BCUT2D eigenvalue weighted by Gasteiger charge is 2.72. The molecule has 0 aromatic heterocycles. The first-order valence-electron chi connectivity index (χ1n) is 11.5. The van der Waals surface area contributed by atoms with Gasteiger partial charge < -0.3 is 14.9 Å². The van der Waals surface area contributed by atoms with Crippen LogP contribution in [0.5, 0.6) is 0 Å². The summed E-state index contributed by atoms with van der Waals surface area (Å²) in [5.74, 6) is 1.52. The third-order valence-corrected chi connectivity index (χ3v) is 10.5. The van der Waals surface area contributed by atoms with Gasteiger partial charge in [0, 0.05) is 22.2 Å². The van der Waals surface area contributed by atoms with Crippen molar-refractivity contribution in [3.05, 3.63) is 11.1 Å². The third kappa shape index (κ3) is 2.12. The maximum absolute atomic E-state index is 11.9. The number of aliphatic hydroxyl groups is 2. The van der Waals surface area contributed by atoms with Crippen LogP contribution in [-0.4, -0.2) is 34.6 Å². The number of fused-ring (bicyclic) bond motifs is 4. The van der Waals surface area contributed by atoms with E-state index in [2.05, 4.69) is 48.5 Å². The van der Waals surface area contributed by atoms with E-state index in [9.17, 15) is 10.2 Å². The predicted octanol–water partition coefficient (Wildman–Crippen LogP) is 4.81. The van der Waals surface area contributed by atoms with Crippen LogP contribution in [0.1, 0.15) is 75.2 Å². The second-order valence-electron chi connectivity index (χ2n) is 12.0. The predicted molar refractivity (Wildman–Crippen MR) is 113 cm³/mol. The van der Waals surface area contributed by atoms with Gasteiger partial charge in [-0.1, -0.05) is 52.7 Å². The van der Waals surface area contributed by atoms with Crippen molar-refractivity contribution in [1.29, 1.82) is 0 Å². The number of aliphatic hydroxyl groups excluding tert-OH is 1. The second-order valence-corrected chi connectivity index (χ2v) is 12.0. The fourth-order valence-corrected chi connectivity index (χ4v) is 8.95. The fourth-order valence-electron chi connectivity index (χ4n) is 8.95. The summed E-state index contributed by atoms with van der Waals surface area (Å²) < 4.78 is 6.07. The van der Waals surface area contributed by atoms with Gasteiger partial charge in [0.1, 0.15) is 0 Å². The Balaban J connectivity index is 2.02. The Bertz CT molecular complexity index is 705. The molecule has 0 bridgehead atoms. The average Bonchev–Trinajstić information content (AvgIpc) is 2.85. The molecule has 0 aromatic carbocycles. The molecule has 0 unspecified atom stereocenters. The molecule has 3 heteroatoms. The third-order valence-electron chi connectivity index (χ3n) is 10.5. The van der Waals surface area contributed by atoms with Crippen LogP contribution in [0.15, 0.2) is 11.1 Å². The Kier molecular flexibility index (Phi) is 4.37. The number of ether oxygens (including phenoxy) is 1. The van der Waals surface area contributed by atoms with E-state index in [0.717, 1.165) is 19.4 Å². The summed E-state index contributed by atoms with van der Waals surface area (Å²) in [6.45, 7) is 21.0. The van der Waals surface area contributed by atoms with Crippen LogP contribution in [-0.2, 0) is 4.74 Å². The molecular weight excluding hydrogens is 348 g/mol. The lowest BCUT2D eigenvalue weighted by molar-refractivity contribution is -0.297. The summed E-state index contributed by atoms with van der Waals surface area (Å²) in [5, 5.41) is 23.6. The van der Waals surface area contributed by atoms with Gasteiger partial charge in [-0.05, 0) is 57.3 Å². The van der Waals surface area contributed by atoms with Crippen molar-refractivity contribution in [3.8, 4) is 0 Å². The highest BCUT2D eigenvalue weighted by Crippen LogP contribution is 2.72. The van der Waals surface area contributed by atoms with Crippen LogP contribution in [0.4, 0.5) is 0 Å². The Labute approximate surface area is 171 Å². The molecule has 10 atom stereocenters. The van der Waals surface area contributed by atoms with E-state index in [4.69, 9.17) is 4.74 Å². The molecule has 28 heavy (non-hydrogen) atoms. The normalized spacial score (nSPS) is 56.5. The zero-order valence-electron chi connectivity index (χ0n) is 19.5. The number of hydrogen-bond acceptors (Lipinski definition) is 3. The van der Waals surface area contributed by atoms with Crippen molar-refractivity contribution in [2.24, 2.45) is 45.8 Å². The molecule has 4 rings (SSSR count). The Hall–Kier alpha value is -0.380. The largest absolute Gasteiger partial charge is 0.392 e. The van der Waals surface area contributed by atoms with Crippen molar-refractivity contribution in [1.82, 2.24) is 0 Å². The van der Waals surface area contributed by atoms with Crippen molar-refractivity contribution < 1.29 is 14.9 Å². The van der Waals surface area contributed by atoms with E-state index < -0.39 is 11.7 Å². The number of hydrogen-bond donors (Lipinski definition) is 2. The van der Waals surface area contributed by atoms with Gasteiger partial charge in [0.2, 0.25) is 0 Å². The van der Waals surface area contributed by atoms with Gasteiger partial charge in [0.05, 0.1) is 24.4 Å². The molecule has 3 fully saturated rings. The molecule has 3 nitrogen and oxygen atoms in total. The summed E-state index contributed by atoms with van der Waals surface area (Å²) in [7, 11) is 0. The van der Waals surface area contributed by atoms with Crippen molar-refractivity contribution >= 4 is 0 Å². The lowest BCUT2D eigenvalue weighted by atomic mass is 9.42. The number of rotatable bonds is 1. The quantitative estimate of drug-likeness (QED) is 0.632. The number of allylic oxidation sites excluding steroid dienone is 1. The minimum Gasteiger partial charge on any atom is -0.392 e. The molecule has 1 heterocycles. The first kappa shape index (κ1) is 20.9. The standard InChI is InChI=1S/C25H42O3/c1-13-11-25(22(6,7)27)17(5)20-23(8)12-28-18(23)10-14(2)24(20,9)21(26)16(4)19(25)15(13)3/h13-14,16-18,20-21,26-27H,10-12H2,1-9H3/t13-,14-,16-,17-,18+,20+,21-,23+,24+,25+/m0/s1.